The Morgan fingerprint density at radius 1 is 0.615 bits per heavy atom. The van der Waals surface area contributed by atoms with Gasteiger partial charge >= 0.3 is 17.9 Å². The summed E-state index contributed by atoms with van der Waals surface area (Å²) in [5.74, 6) is 0. The van der Waals surface area contributed by atoms with Crippen LogP contribution in [0.25, 0.3) is 0 Å². The fourth-order valence-corrected chi connectivity index (χ4v) is 6.13. The highest BCUT2D eigenvalue weighted by molar-refractivity contribution is 8.26. The predicted molar refractivity (Wildman–Crippen MR) is 60.1 cm³/mol. The molecule has 0 unspecified atom stereocenters. The highest BCUT2D eigenvalue weighted by atomic mass is 32.3. The molecular formula is C6H4F9O8S3-. The maximum atomic E-state index is 12.4. The maximum Gasteiger partial charge on any atom is 0.470 e. The van der Waals surface area contributed by atoms with E-state index in [-0.39, 0.29) is 0 Å². The Morgan fingerprint density at radius 2 is 0.885 bits per heavy atom. The van der Waals surface area contributed by atoms with Gasteiger partial charge in [0.2, 0.25) is 0 Å². The van der Waals surface area contributed by atoms with Gasteiger partial charge in [-0.2, -0.15) is 39.5 Å². The van der Waals surface area contributed by atoms with Crippen LogP contribution in [-0.2, 0) is 38.4 Å². The van der Waals surface area contributed by atoms with E-state index in [2.05, 4.69) is 8.37 Å². The van der Waals surface area contributed by atoms with Gasteiger partial charge in [-0.15, -0.1) is 0 Å². The molecule has 0 N–H and O–H groups in total. The molecule has 0 rings (SSSR count). The molecule has 0 aliphatic heterocycles. The second-order valence-corrected chi connectivity index (χ2v) is 9.62. The second kappa shape index (κ2) is 7.28. The summed E-state index contributed by atoms with van der Waals surface area (Å²) >= 11 is 0. The lowest BCUT2D eigenvalue weighted by Crippen LogP contribution is -2.41. The zero-order valence-electron chi connectivity index (χ0n) is 11.3. The van der Waals surface area contributed by atoms with Crippen molar-refractivity contribution in [3.05, 3.63) is 3.91 Å². The van der Waals surface area contributed by atoms with Crippen molar-refractivity contribution in [1.82, 2.24) is 0 Å². The Bertz CT molecular complexity index is 753. The normalized spacial score (nSPS) is 15.5. The van der Waals surface area contributed by atoms with Crippen LogP contribution in [0.2, 0.25) is 0 Å². The number of sulfone groups is 1. The van der Waals surface area contributed by atoms with Crippen LogP contribution < -0.4 is 0 Å². The van der Waals surface area contributed by atoms with E-state index in [0.29, 0.717) is 0 Å². The van der Waals surface area contributed by atoms with Crippen LogP contribution in [0.4, 0.5) is 39.5 Å². The fraction of sp³-hybridized carbons (Fsp3) is 0.833. The minimum Gasteiger partial charge on any atom is -0.283 e. The third-order valence-electron chi connectivity index (χ3n) is 1.69. The van der Waals surface area contributed by atoms with E-state index < -0.39 is 65.1 Å². The molecule has 0 radical (unpaired) electrons. The molecule has 0 saturated carbocycles. The zero-order chi connectivity index (χ0) is 21.4. The Kier molecular flexibility index (Phi) is 7.04. The van der Waals surface area contributed by atoms with Gasteiger partial charge in [-0.1, -0.05) is 0 Å². The van der Waals surface area contributed by atoms with Crippen molar-refractivity contribution in [2.75, 3.05) is 13.2 Å². The number of hydrogen-bond donors (Lipinski definition) is 0. The number of halogens is 9. The van der Waals surface area contributed by atoms with Crippen molar-refractivity contribution in [2.45, 2.75) is 17.9 Å². The van der Waals surface area contributed by atoms with Crippen molar-refractivity contribution in [3.8, 4) is 0 Å². The van der Waals surface area contributed by atoms with Crippen molar-refractivity contribution >= 4 is 30.1 Å². The lowest BCUT2D eigenvalue weighted by atomic mass is 10.7. The van der Waals surface area contributed by atoms with Crippen LogP contribution in [0, 0.1) is 3.91 Å². The lowest BCUT2D eigenvalue weighted by Gasteiger charge is -2.29. The van der Waals surface area contributed by atoms with E-state index in [4.69, 9.17) is 0 Å². The smallest absolute Gasteiger partial charge is 0.283 e. The van der Waals surface area contributed by atoms with Crippen molar-refractivity contribution < 1.29 is 73.1 Å². The SMILES string of the molecule is O=S(=O)(OCC(F)(F)F)[C-](S(=O)(=O)OCC(F)(F)F)S(=O)(=O)C(F)(F)F. The van der Waals surface area contributed by atoms with Gasteiger partial charge in [0.05, 0.1) is 0 Å². The van der Waals surface area contributed by atoms with E-state index in [1.165, 1.54) is 0 Å². The molecule has 0 aliphatic carbocycles. The van der Waals surface area contributed by atoms with Crippen LogP contribution in [0.1, 0.15) is 0 Å². The first-order valence-corrected chi connectivity index (χ1v) is 9.43. The van der Waals surface area contributed by atoms with E-state index in [1.54, 1.807) is 0 Å². The van der Waals surface area contributed by atoms with Gasteiger partial charge in [-0.05, 0) is 0 Å². The molecule has 0 fully saturated rings. The van der Waals surface area contributed by atoms with Gasteiger partial charge in [0.1, 0.15) is 3.91 Å². The second-order valence-electron chi connectivity index (χ2n) is 3.86. The van der Waals surface area contributed by atoms with Crippen LogP contribution >= 0.6 is 0 Å². The van der Waals surface area contributed by atoms with Gasteiger partial charge in [0, 0.05) is 0 Å². The maximum absolute atomic E-state index is 12.4. The van der Waals surface area contributed by atoms with Gasteiger partial charge in [0.25, 0.3) is 0 Å². The molecule has 0 aromatic heterocycles. The van der Waals surface area contributed by atoms with Crippen molar-refractivity contribution in [1.29, 1.82) is 0 Å². The third-order valence-corrected chi connectivity index (χ3v) is 8.17. The Morgan fingerprint density at radius 3 is 1.08 bits per heavy atom. The topological polar surface area (TPSA) is 121 Å². The summed E-state index contributed by atoms with van der Waals surface area (Å²) in [5.41, 5.74) is -6.76. The van der Waals surface area contributed by atoms with E-state index in [9.17, 15) is 64.8 Å². The van der Waals surface area contributed by atoms with Gasteiger partial charge in [0.15, 0.2) is 43.3 Å². The summed E-state index contributed by atoms with van der Waals surface area (Å²) in [6.07, 6.45) is -11.2. The molecule has 0 heterocycles. The average molecular weight is 471 g/mol. The molecule has 0 atom stereocenters. The standard InChI is InChI=1S/C6H4F9O8S3/c7-4(8,9)1-22-25(18,19)3(24(16,17)6(13,14)15)26(20,21)23-2-5(10,11)12/h1-2H2/q-1. The first-order valence-electron chi connectivity index (χ1n) is 5.14. The van der Waals surface area contributed by atoms with Crippen LogP contribution in [0.5, 0.6) is 0 Å². The van der Waals surface area contributed by atoms with Crippen LogP contribution in [0.3, 0.4) is 0 Å². The van der Waals surface area contributed by atoms with Crippen LogP contribution in [0.15, 0.2) is 0 Å². The largest absolute Gasteiger partial charge is 0.470 e. The zero-order valence-corrected chi connectivity index (χ0v) is 13.8. The summed E-state index contributed by atoms with van der Waals surface area (Å²) < 4.78 is 177. The predicted octanol–water partition coefficient (Wildman–Crippen LogP) is 1.19. The molecule has 0 aromatic rings. The van der Waals surface area contributed by atoms with Gasteiger partial charge in [-0.3, -0.25) is 16.8 Å². The molecule has 0 aliphatic rings. The third kappa shape index (κ3) is 7.04. The molecule has 0 amide bonds. The molecule has 0 saturated heterocycles. The first kappa shape index (κ1) is 25.1. The summed E-state index contributed by atoms with van der Waals surface area (Å²) in [7, 11) is -21.4. The van der Waals surface area contributed by atoms with Crippen molar-refractivity contribution in [2.24, 2.45) is 0 Å². The van der Waals surface area contributed by atoms with E-state index >= 15 is 0 Å². The molecular weight excluding hydrogens is 467 g/mol. The summed E-state index contributed by atoms with van der Waals surface area (Å²) in [6, 6.07) is 0. The highest BCUT2D eigenvalue weighted by Gasteiger charge is 2.53. The summed E-state index contributed by atoms with van der Waals surface area (Å²) in [4.78, 5) is 0. The molecule has 8 nitrogen and oxygen atoms in total. The quantitative estimate of drug-likeness (QED) is 0.309. The lowest BCUT2D eigenvalue weighted by molar-refractivity contribution is -0.152. The number of hydrogen-bond acceptors (Lipinski definition) is 8. The van der Waals surface area contributed by atoms with Crippen LogP contribution in [-0.4, -0.2) is 56.3 Å². The molecule has 26 heavy (non-hydrogen) atoms. The molecule has 0 bridgehead atoms. The molecule has 158 valence electrons. The minimum absolute atomic E-state index is 2.85. The molecule has 0 spiro atoms. The monoisotopic (exact) mass is 471 g/mol. The fourth-order valence-electron chi connectivity index (χ4n) is 0.873. The van der Waals surface area contributed by atoms with E-state index in [0.717, 1.165) is 0 Å². The average Bonchev–Trinajstić information content (AvgIpc) is 2.30. The molecule has 20 heteroatoms. The highest BCUT2D eigenvalue weighted by Crippen LogP contribution is 2.39. The van der Waals surface area contributed by atoms with Gasteiger partial charge in [-0.25, -0.2) is 16.8 Å². The first-order chi connectivity index (χ1) is 11.0. The summed E-state index contributed by atoms with van der Waals surface area (Å²) in [5, 5.41) is 0. The number of alkyl halides is 9. The Balaban J connectivity index is 6.26. The van der Waals surface area contributed by atoms with E-state index in [1.807, 2.05) is 0 Å². The molecule has 0 aromatic carbocycles. The Hall–Kier alpha value is -0.860. The summed E-state index contributed by atoms with van der Waals surface area (Å²) in [6.45, 7) is -5.97. The Labute approximate surface area is 139 Å². The van der Waals surface area contributed by atoms with Gasteiger partial charge < -0.3 is 0 Å². The number of rotatable bonds is 7. The van der Waals surface area contributed by atoms with Crippen molar-refractivity contribution in [3.63, 3.8) is 0 Å². The minimum atomic E-state index is -7.53.